The molecule has 0 saturated carbocycles. The predicted octanol–water partition coefficient (Wildman–Crippen LogP) is 2.27. The summed E-state index contributed by atoms with van der Waals surface area (Å²) in [6, 6.07) is 4.86. The molecule has 0 bridgehead atoms. The molecule has 1 amide bonds. The van der Waals surface area contributed by atoms with Gasteiger partial charge >= 0.3 is 5.97 Å². The fourth-order valence-electron chi connectivity index (χ4n) is 3.78. The highest BCUT2D eigenvalue weighted by Gasteiger charge is 2.36. The summed E-state index contributed by atoms with van der Waals surface area (Å²) in [6.07, 6.45) is 1.24. The molecule has 2 aliphatic heterocycles. The second kappa shape index (κ2) is 7.24. The van der Waals surface area contributed by atoms with E-state index in [4.69, 9.17) is 4.74 Å². The maximum absolute atomic E-state index is 13.1. The molecule has 0 unspecified atom stereocenters. The molecule has 0 radical (unpaired) electrons. The van der Waals surface area contributed by atoms with E-state index in [1.54, 1.807) is 19.1 Å². The molecule has 27 heavy (non-hydrogen) atoms. The number of hydrogen-bond acceptors (Lipinski definition) is 5. The average Bonchev–Trinajstić information content (AvgIpc) is 2.61. The van der Waals surface area contributed by atoms with Gasteiger partial charge in [0.15, 0.2) is 0 Å². The van der Waals surface area contributed by atoms with Gasteiger partial charge in [0, 0.05) is 30.6 Å². The number of anilines is 1. The van der Waals surface area contributed by atoms with E-state index in [-0.39, 0.29) is 22.7 Å². The van der Waals surface area contributed by atoms with E-state index in [2.05, 4.69) is 5.32 Å². The molecule has 0 aliphatic carbocycles. The zero-order valence-corrected chi connectivity index (χ0v) is 16.8. The van der Waals surface area contributed by atoms with Crippen LogP contribution in [0.25, 0.3) is 0 Å². The standard InChI is InChI=1S/C19H26N2O5S/c1-4-26-18(23)13-7-9-21(10-8-13)27(24,25)14-5-6-16-15(11-14)19(2,3)12-17(22)20-16/h5-6,11,13H,4,7-10,12H2,1-3H3,(H,20,22). The Bertz CT molecular complexity index is 855. The Balaban J connectivity index is 1.81. The molecule has 1 aromatic carbocycles. The smallest absolute Gasteiger partial charge is 0.309 e. The van der Waals surface area contributed by atoms with Gasteiger partial charge in [-0.3, -0.25) is 9.59 Å². The third-order valence-electron chi connectivity index (χ3n) is 5.31. The molecule has 0 spiro atoms. The van der Waals surface area contributed by atoms with Gasteiger partial charge in [0.1, 0.15) is 0 Å². The molecule has 1 aromatic rings. The normalized spacial score (nSPS) is 20.6. The van der Waals surface area contributed by atoms with Gasteiger partial charge in [-0.1, -0.05) is 13.8 Å². The van der Waals surface area contributed by atoms with E-state index in [0.29, 0.717) is 44.6 Å². The van der Waals surface area contributed by atoms with E-state index >= 15 is 0 Å². The number of amides is 1. The Morgan fingerprint density at radius 1 is 1.30 bits per heavy atom. The van der Waals surface area contributed by atoms with Gasteiger partial charge in [-0.15, -0.1) is 0 Å². The van der Waals surface area contributed by atoms with E-state index < -0.39 is 15.4 Å². The number of sulfonamides is 1. The molecule has 0 atom stereocenters. The molecular formula is C19H26N2O5S. The fourth-order valence-corrected chi connectivity index (χ4v) is 5.28. The van der Waals surface area contributed by atoms with E-state index in [1.807, 2.05) is 13.8 Å². The van der Waals surface area contributed by atoms with E-state index in [1.165, 1.54) is 10.4 Å². The van der Waals surface area contributed by atoms with Crippen LogP contribution in [0.2, 0.25) is 0 Å². The molecule has 2 heterocycles. The van der Waals surface area contributed by atoms with Crippen LogP contribution in [0.4, 0.5) is 5.69 Å². The van der Waals surface area contributed by atoms with Crippen LogP contribution in [0.5, 0.6) is 0 Å². The van der Waals surface area contributed by atoms with Crippen molar-refractivity contribution < 1.29 is 22.7 Å². The lowest BCUT2D eigenvalue weighted by Crippen LogP contribution is -2.40. The predicted molar refractivity (Wildman–Crippen MR) is 101 cm³/mol. The van der Waals surface area contributed by atoms with E-state index in [9.17, 15) is 18.0 Å². The molecule has 1 fully saturated rings. The van der Waals surface area contributed by atoms with E-state index in [0.717, 1.165) is 5.56 Å². The Hall–Kier alpha value is -1.93. The number of carbonyl (C=O) groups is 2. The van der Waals surface area contributed by atoms with Gasteiger partial charge in [0.25, 0.3) is 0 Å². The largest absolute Gasteiger partial charge is 0.466 e. The van der Waals surface area contributed by atoms with Crippen molar-refractivity contribution in [2.45, 2.75) is 50.3 Å². The second-order valence-corrected chi connectivity index (χ2v) is 9.68. The summed E-state index contributed by atoms with van der Waals surface area (Å²) in [5.41, 5.74) is 1.06. The van der Waals surface area contributed by atoms with Crippen LogP contribution >= 0.6 is 0 Å². The minimum Gasteiger partial charge on any atom is -0.466 e. The van der Waals surface area contributed by atoms with Crippen molar-refractivity contribution in [3.8, 4) is 0 Å². The summed E-state index contributed by atoms with van der Waals surface area (Å²) in [6.45, 7) is 6.56. The lowest BCUT2D eigenvalue weighted by Gasteiger charge is -2.33. The van der Waals surface area contributed by atoms with Gasteiger partial charge in [0.2, 0.25) is 15.9 Å². The maximum atomic E-state index is 13.1. The summed E-state index contributed by atoms with van der Waals surface area (Å²) >= 11 is 0. The summed E-state index contributed by atoms with van der Waals surface area (Å²) in [4.78, 5) is 23.9. The number of benzene rings is 1. The number of hydrogen-bond donors (Lipinski definition) is 1. The van der Waals surface area contributed by atoms with Crippen molar-refractivity contribution >= 4 is 27.6 Å². The maximum Gasteiger partial charge on any atom is 0.309 e. The average molecular weight is 394 g/mol. The number of piperidine rings is 1. The molecular weight excluding hydrogens is 368 g/mol. The third kappa shape index (κ3) is 3.87. The highest BCUT2D eigenvalue weighted by atomic mass is 32.2. The van der Waals surface area contributed by atoms with Gasteiger partial charge in [-0.05, 0) is 43.5 Å². The molecule has 148 valence electrons. The molecule has 1 saturated heterocycles. The Kier molecular flexibility index (Phi) is 5.31. The minimum atomic E-state index is -3.65. The molecule has 1 N–H and O–H groups in total. The van der Waals surface area contributed by atoms with Gasteiger partial charge in [0.05, 0.1) is 17.4 Å². The number of carbonyl (C=O) groups excluding carboxylic acids is 2. The van der Waals surface area contributed by atoms with Crippen LogP contribution < -0.4 is 5.32 Å². The Morgan fingerprint density at radius 3 is 2.59 bits per heavy atom. The first-order valence-electron chi connectivity index (χ1n) is 9.26. The molecule has 8 heteroatoms. The number of nitrogens with one attached hydrogen (secondary N) is 1. The monoisotopic (exact) mass is 394 g/mol. The Labute approximate surface area is 160 Å². The fraction of sp³-hybridized carbons (Fsp3) is 0.579. The highest BCUT2D eigenvalue weighted by Crippen LogP contribution is 2.39. The minimum absolute atomic E-state index is 0.0656. The van der Waals surface area contributed by atoms with Gasteiger partial charge in [-0.2, -0.15) is 4.31 Å². The second-order valence-electron chi connectivity index (χ2n) is 7.75. The lowest BCUT2D eigenvalue weighted by molar-refractivity contribution is -0.149. The van der Waals surface area contributed by atoms with Crippen LogP contribution in [-0.4, -0.2) is 44.3 Å². The number of rotatable bonds is 4. The first kappa shape index (κ1) is 19.8. The summed E-state index contributed by atoms with van der Waals surface area (Å²) in [5.74, 6) is -0.556. The van der Waals surface area contributed by atoms with Crippen LogP contribution in [0, 0.1) is 5.92 Å². The van der Waals surface area contributed by atoms with Crippen LogP contribution in [0.1, 0.15) is 45.6 Å². The molecule has 7 nitrogen and oxygen atoms in total. The SMILES string of the molecule is CCOC(=O)C1CCN(S(=O)(=O)c2ccc3c(c2)C(C)(C)CC(=O)N3)CC1. The van der Waals surface area contributed by atoms with Crippen molar-refractivity contribution in [1.82, 2.24) is 4.31 Å². The van der Waals surface area contributed by atoms with Crippen molar-refractivity contribution in [2.24, 2.45) is 5.92 Å². The number of ether oxygens (including phenoxy) is 1. The van der Waals surface area contributed by atoms with Gasteiger partial charge in [-0.25, -0.2) is 8.42 Å². The van der Waals surface area contributed by atoms with Crippen LogP contribution in [-0.2, 0) is 29.8 Å². The van der Waals surface area contributed by atoms with Crippen LogP contribution in [0.15, 0.2) is 23.1 Å². The first-order chi connectivity index (χ1) is 12.6. The lowest BCUT2D eigenvalue weighted by atomic mass is 9.78. The van der Waals surface area contributed by atoms with Gasteiger partial charge < -0.3 is 10.1 Å². The Morgan fingerprint density at radius 2 is 1.96 bits per heavy atom. The van der Waals surface area contributed by atoms with Crippen molar-refractivity contribution in [3.63, 3.8) is 0 Å². The van der Waals surface area contributed by atoms with Crippen LogP contribution in [0.3, 0.4) is 0 Å². The molecule has 0 aromatic heterocycles. The molecule has 3 rings (SSSR count). The third-order valence-corrected chi connectivity index (χ3v) is 7.20. The summed E-state index contributed by atoms with van der Waals surface area (Å²) < 4.78 is 32.6. The van der Waals surface area contributed by atoms with Crippen molar-refractivity contribution in [3.05, 3.63) is 23.8 Å². The van der Waals surface area contributed by atoms with Crippen molar-refractivity contribution in [2.75, 3.05) is 25.0 Å². The molecule has 2 aliphatic rings. The van der Waals surface area contributed by atoms with Crippen molar-refractivity contribution in [1.29, 1.82) is 0 Å². The number of esters is 1. The zero-order chi connectivity index (χ0) is 19.8. The number of fused-ring (bicyclic) bond motifs is 1. The first-order valence-corrected chi connectivity index (χ1v) is 10.7. The number of nitrogens with zero attached hydrogens (tertiary/aromatic N) is 1. The summed E-state index contributed by atoms with van der Waals surface area (Å²) in [7, 11) is -3.65. The zero-order valence-electron chi connectivity index (χ0n) is 15.9. The quantitative estimate of drug-likeness (QED) is 0.791. The highest BCUT2D eigenvalue weighted by molar-refractivity contribution is 7.89. The summed E-state index contributed by atoms with van der Waals surface area (Å²) in [5, 5.41) is 2.81. The topological polar surface area (TPSA) is 92.8 Å².